The van der Waals surface area contributed by atoms with Gasteiger partial charge >= 0.3 is 0 Å². The van der Waals surface area contributed by atoms with Crippen molar-refractivity contribution in [2.75, 3.05) is 5.32 Å². The molecule has 0 aliphatic rings. The molecule has 0 aliphatic heterocycles. The summed E-state index contributed by atoms with van der Waals surface area (Å²) in [6, 6.07) is 10.9. The van der Waals surface area contributed by atoms with Crippen LogP contribution in [-0.4, -0.2) is 20.6 Å². The Kier molecular flexibility index (Phi) is 4.20. The van der Waals surface area contributed by atoms with Crippen molar-refractivity contribution in [3.8, 4) is 0 Å². The van der Waals surface area contributed by atoms with Crippen LogP contribution in [0.1, 0.15) is 18.9 Å². The minimum atomic E-state index is 0.341. The highest BCUT2D eigenvalue weighted by atomic mass is 79.9. The van der Waals surface area contributed by atoms with E-state index >= 15 is 0 Å². The van der Waals surface area contributed by atoms with Gasteiger partial charge in [0, 0.05) is 18.4 Å². The Morgan fingerprint density at radius 2 is 2.10 bits per heavy atom. The SMILES string of the molecule is CCC(Cc1ccccc1)Nc1nccn2ncc(Br)c12. The molecule has 2 heterocycles. The second-order valence-electron chi connectivity index (χ2n) is 5.00. The highest BCUT2D eigenvalue weighted by Gasteiger charge is 2.13. The molecule has 0 saturated carbocycles. The molecule has 1 N–H and O–H groups in total. The monoisotopic (exact) mass is 344 g/mol. The maximum Gasteiger partial charge on any atom is 0.153 e. The molecule has 0 saturated heterocycles. The number of hydrogen-bond acceptors (Lipinski definition) is 3. The lowest BCUT2D eigenvalue weighted by molar-refractivity contribution is 0.687. The summed E-state index contributed by atoms with van der Waals surface area (Å²) in [5.41, 5.74) is 2.31. The molecule has 4 nitrogen and oxygen atoms in total. The molecular weight excluding hydrogens is 328 g/mol. The van der Waals surface area contributed by atoms with Crippen molar-refractivity contribution in [3.63, 3.8) is 0 Å². The lowest BCUT2D eigenvalue weighted by atomic mass is 10.0. The fourth-order valence-corrected chi connectivity index (χ4v) is 2.86. The third-order valence-corrected chi connectivity index (χ3v) is 4.13. The lowest BCUT2D eigenvalue weighted by Gasteiger charge is -2.18. The second kappa shape index (κ2) is 6.26. The van der Waals surface area contributed by atoms with Gasteiger partial charge in [0.2, 0.25) is 0 Å². The van der Waals surface area contributed by atoms with Gasteiger partial charge in [-0.2, -0.15) is 5.10 Å². The Bertz CT molecular complexity index is 723. The number of anilines is 1. The first kappa shape index (κ1) is 14.1. The van der Waals surface area contributed by atoms with Gasteiger partial charge in [-0.15, -0.1) is 0 Å². The molecule has 1 unspecified atom stereocenters. The molecule has 0 amide bonds. The van der Waals surface area contributed by atoms with Crippen LogP contribution in [0.25, 0.3) is 5.52 Å². The number of rotatable bonds is 5. The molecule has 2 aromatic heterocycles. The summed E-state index contributed by atoms with van der Waals surface area (Å²) in [4.78, 5) is 4.47. The molecule has 0 aliphatic carbocycles. The van der Waals surface area contributed by atoms with Gasteiger partial charge < -0.3 is 5.32 Å². The van der Waals surface area contributed by atoms with Gasteiger partial charge in [0.25, 0.3) is 0 Å². The van der Waals surface area contributed by atoms with E-state index in [0.717, 1.165) is 28.6 Å². The normalized spacial score (nSPS) is 12.5. The third-order valence-electron chi connectivity index (χ3n) is 3.55. The van der Waals surface area contributed by atoms with Gasteiger partial charge in [-0.1, -0.05) is 37.3 Å². The van der Waals surface area contributed by atoms with Crippen LogP contribution in [0.2, 0.25) is 0 Å². The molecule has 5 heteroatoms. The number of benzene rings is 1. The van der Waals surface area contributed by atoms with E-state index < -0.39 is 0 Å². The van der Waals surface area contributed by atoms with E-state index in [2.05, 4.69) is 62.5 Å². The quantitative estimate of drug-likeness (QED) is 0.762. The van der Waals surface area contributed by atoms with Crippen LogP contribution in [0.5, 0.6) is 0 Å². The predicted molar refractivity (Wildman–Crippen MR) is 88.5 cm³/mol. The molecule has 0 bridgehead atoms. The Labute approximate surface area is 132 Å². The van der Waals surface area contributed by atoms with E-state index in [1.807, 2.05) is 16.8 Å². The van der Waals surface area contributed by atoms with Crippen molar-refractivity contribution in [2.45, 2.75) is 25.8 Å². The van der Waals surface area contributed by atoms with E-state index in [0.29, 0.717) is 6.04 Å². The molecule has 0 spiro atoms. The first-order chi connectivity index (χ1) is 10.3. The topological polar surface area (TPSA) is 42.2 Å². The highest BCUT2D eigenvalue weighted by Crippen LogP contribution is 2.24. The minimum Gasteiger partial charge on any atom is -0.365 e. The fourth-order valence-electron chi connectivity index (χ4n) is 2.40. The number of aromatic nitrogens is 3. The Morgan fingerprint density at radius 1 is 1.29 bits per heavy atom. The molecule has 21 heavy (non-hydrogen) atoms. The fraction of sp³-hybridized carbons (Fsp3) is 0.250. The van der Waals surface area contributed by atoms with Crippen LogP contribution in [0.4, 0.5) is 5.82 Å². The van der Waals surface area contributed by atoms with Crippen LogP contribution >= 0.6 is 15.9 Å². The van der Waals surface area contributed by atoms with Gasteiger partial charge in [0.15, 0.2) is 5.82 Å². The van der Waals surface area contributed by atoms with Gasteiger partial charge in [0.1, 0.15) is 5.52 Å². The summed E-state index contributed by atoms with van der Waals surface area (Å²) >= 11 is 3.53. The van der Waals surface area contributed by atoms with Gasteiger partial charge in [-0.25, -0.2) is 9.50 Å². The first-order valence-corrected chi connectivity index (χ1v) is 7.85. The van der Waals surface area contributed by atoms with E-state index in [1.54, 1.807) is 12.4 Å². The predicted octanol–water partition coefficient (Wildman–Crippen LogP) is 3.93. The maximum atomic E-state index is 4.47. The second-order valence-corrected chi connectivity index (χ2v) is 5.86. The zero-order chi connectivity index (χ0) is 14.7. The molecule has 0 radical (unpaired) electrons. The average Bonchev–Trinajstić information content (AvgIpc) is 2.90. The number of hydrogen-bond donors (Lipinski definition) is 1. The number of halogens is 1. The van der Waals surface area contributed by atoms with E-state index in [-0.39, 0.29) is 0 Å². The van der Waals surface area contributed by atoms with Gasteiger partial charge in [-0.3, -0.25) is 0 Å². The molecule has 1 aromatic carbocycles. The molecule has 108 valence electrons. The maximum absolute atomic E-state index is 4.47. The first-order valence-electron chi connectivity index (χ1n) is 7.06. The molecule has 0 fully saturated rings. The van der Waals surface area contributed by atoms with Crippen molar-refractivity contribution in [2.24, 2.45) is 0 Å². The summed E-state index contributed by atoms with van der Waals surface area (Å²) in [5.74, 6) is 0.865. The Morgan fingerprint density at radius 3 is 2.86 bits per heavy atom. The largest absolute Gasteiger partial charge is 0.365 e. The van der Waals surface area contributed by atoms with Gasteiger partial charge in [-0.05, 0) is 34.3 Å². The van der Waals surface area contributed by atoms with Crippen LogP contribution < -0.4 is 5.32 Å². The summed E-state index contributed by atoms with van der Waals surface area (Å²) < 4.78 is 2.78. The molecule has 1 atom stereocenters. The summed E-state index contributed by atoms with van der Waals surface area (Å²) in [6.45, 7) is 2.19. The average molecular weight is 345 g/mol. The molecule has 3 rings (SSSR count). The standard InChI is InChI=1S/C16H17BrN4/c1-2-13(10-12-6-4-3-5-7-12)20-16-15-14(17)11-19-21(15)9-8-18-16/h3-9,11,13H,2,10H2,1H3,(H,18,20). The van der Waals surface area contributed by atoms with Crippen molar-refractivity contribution in [3.05, 3.63) is 59.0 Å². The number of nitrogens with zero attached hydrogens (tertiary/aromatic N) is 3. The van der Waals surface area contributed by atoms with Gasteiger partial charge in [0.05, 0.1) is 10.7 Å². The smallest absolute Gasteiger partial charge is 0.153 e. The Balaban J connectivity index is 1.84. The zero-order valence-corrected chi connectivity index (χ0v) is 13.4. The lowest BCUT2D eigenvalue weighted by Crippen LogP contribution is -2.22. The van der Waals surface area contributed by atoms with Crippen molar-refractivity contribution in [1.29, 1.82) is 0 Å². The zero-order valence-electron chi connectivity index (χ0n) is 11.8. The van der Waals surface area contributed by atoms with E-state index in [4.69, 9.17) is 0 Å². The van der Waals surface area contributed by atoms with E-state index in [1.165, 1.54) is 5.56 Å². The van der Waals surface area contributed by atoms with Crippen LogP contribution in [0.15, 0.2) is 53.4 Å². The molecular formula is C16H17BrN4. The van der Waals surface area contributed by atoms with Crippen molar-refractivity contribution in [1.82, 2.24) is 14.6 Å². The number of fused-ring (bicyclic) bond motifs is 1. The van der Waals surface area contributed by atoms with E-state index in [9.17, 15) is 0 Å². The summed E-state index contributed by atoms with van der Waals surface area (Å²) in [6.07, 6.45) is 7.42. The minimum absolute atomic E-state index is 0.341. The van der Waals surface area contributed by atoms with Crippen molar-refractivity contribution < 1.29 is 0 Å². The highest BCUT2D eigenvalue weighted by molar-refractivity contribution is 9.10. The summed E-state index contributed by atoms with van der Waals surface area (Å²) in [7, 11) is 0. The van der Waals surface area contributed by atoms with Crippen molar-refractivity contribution >= 4 is 27.3 Å². The Hall–Kier alpha value is -1.88. The van der Waals surface area contributed by atoms with Crippen LogP contribution in [0, 0.1) is 0 Å². The van der Waals surface area contributed by atoms with Crippen LogP contribution in [-0.2, 0) is 6.42 Å². The number of nitrogens with one attached hydrogen (secondary N) is 1. The van der Waals surface area contributed by atoms with Crippen LogP contribution in [0.3, 0.4) is 0 Å². The molecule has 3 aromatic rings. The third kappa shape index (κ3) is 3.08. The summed E-state index contributed by atoms with van der Waals surface area (Å²) in [5, 5.41) is 7.83.